The number of hydrogen-bond acceptors (Lipinski definition) is 6. The van der Waals surface area contributed by atoms with Crippen LogP contribution in [0.3, 0.4) is 0 Å². The molecule has 9 heteroatoms. The normalized spacial score (nSPS) is 15.9. The highest BCUT2D eigenvalue weighted by Crippen LogP contribution is 2.11. The Morgan fingerprint density at radius 2 is 1.67 bits per heavy atom. The van der Waals surface area contributed by atoms with Crippen molar-refractivity contribution in [2.45, 2.75) is 24.2 Å². The Balaban J connectivity index is 1.27. The van der Waals surface area contributed by atoms with Crippen LogP contribution in [0, 0.1) is 0 Å². The quantitative estimate of drug-likeness (QED) is 0.569. The number of rotatable bonds is 10. The number of benzene rings is 1. The van der Waals surface area contributed by atoms with Gasteiger partial charge in [-0.25, -0.2) is 13.6 Å². The van der Waals surface area contributed by atoms with Crippen LogP contribution >= 0.6 is 11.3 Å². The van der Waals surface area contributed by atoms with Gasteiger partial charge in [-0.3, -0.25) is 4.79 Å². The number of carbonyl (C=O) groups is 1. The summed E-state index contributed by atoms with van der Waals surface area (Å²) in [6.45, 7) is 6.55. The van der Waals surface area contributed by atoms with Crippen molar-refractivity contribution >= 4 is 27.3 Å². The zero-order valence-electron chi connectivity index (χ0n) is 17.1. The SMILES string of the molecule is NS(=O)(=O)c1ccc(CCNC(=O)CCN2CCN(CCc3cccs3)CC2)cc1. The van der Waals surface area contributed by atoms with E-state index < -0.39 is 10.0 Å². The van der Waals surface area contributed by atoms with E-state index >= 15 is 0 Å². The highest BCUT2D eigenvalue weighted by atomic mass is 32.2. The Morgan fingerprint density at radius 3 is 2.27 bits per heavy atom. The zero-order chi connectivity index (χ0) is 21.4. The van der Waals surface area contributed by atoms with Gasteiger partial charge in [0, 0.05) is 57.1 Å². The number of amides is 1. The summed E-state index contributed by atoms with van der Waals surface area (Å²) in [6.07, 6.45) is 2.27. The summed E-state index contributed by atoms with van der Waals surface area (Å²) < 4.78 is 22.5. The van der Waals surface area contributed by atoms with Crippen molar-refractivity contribution in [2.75, 3.05) is 45.8 Å². The Hall–Kier alpha value is -1.78. The number of nitrogens with one attached hydrogen (secondary N) is 1. The molecule has 1 saturated heterocycles. The van der Waals surface area contributed by atoms with Gasteiger partial charge in [-0.2, -0.15) is 0 Å². The summed E-state index contributed by atoms with van der Waals surface area (Å²) in [5.74, 6) is 0.0521. The van der Waals surface area contributed by atoms with Crippen molar-refractivity contribution in [1.29, 1.82) is 0 Å². The van der Waals surface area contributed by atoms with Gasteiger partial charge in [-0.1, -0.05) is 18.2 Å². The molecule has 0 atom stereocenters. The van der Waals surface area contributed by atoms with Gasteiger partial charge in [0.15, 0.2) is 0 Å². The van der Waals surface area contributed by atoms with Crippen molar-refractivity contribution in [3.05, 3.63) is 52.2 Å². The molecule has 1 aliphatic heterocycles. The molecule has 30 heavy (non-hydrogen) atoms. The molecule has 164 valence electrons. The molecule has 0 aliphatic carbocycles. The summed E-state index contributed by atoms with van der Waals surface area (Å²) >= 11 is 1.82. The number of piperazine rings is 1. The van der Waals surface area contributed by atoms with Crippen LogP contribution in [-0.2, 0) is 27.7 Å². The molecule has 1 amide bonds. The van der Waals surface area contributed by atoms with Crippen LogP contribution in [0.4, 0.5) is 0 Å². The molecule has 3 N–H and O–H groups in total. The molecule has 2 heterocycles. The Kier molecular flexibility index (Phi) is 8.41. The molecular weight excluding hydrogens is 420 g/mol. The van der Waals surface area contributed by atoms with Gasteiger partial charge in [-0.05, 0) is 42.0 Å². The third kappa shape index (κ3) is 7.48. The maximum atomic E-state index is 12.1. The summed E-state index contributed by atoms with van der Waals surface area (Å²) in [5.41, 5.74) is 0.960. The van der Waals surface area contributed by atoms with Gasteiger partial charge in [0.25, 0.3) is 0 Å². The fourth-order valence-electron chi connectivity index (χ4n) is 3.50. The molecule has 3 rings (SSSR count). The largest absolute Gasteiger partial charge is 0.356 e. The first-order valence-corrected chi connectivity index (χ1v) is 12.7. The van der Waals surface area contributed by atoms with Crippen LogP contribution in [0.2, 0.25) is 0 Å². The van der Waals surface area contributed by atoms with Crippen LogP contribution in [0.5, 0.6) is 0 Å². The predicted molar refractivity (Wildman–Crippen MR) is 120 cm³/mol. The van der Waals surface area contributed by atoms with E-state index in [1.807, 2.05) is 11.3 Å². The third-order valence-electron chi connectivity index (χ3n) is 5.36. The summed E-state index contributed by atoms with van der Waals surface area (Å²) in [6, 6.07) is 10.7. The molecule has 0 spiro atoms. The van der Waals surface area contributed by atoms with Crippen molar-refractivity contribution in [3.63, 3.8) is 0 Å². The molecule has 1 aromatic carbocycles. The monoisotopic (exact) mass is 450 g/mol. The van der Waals surface area contributed by atoms with Crippen LogP contribution in [0.25, 0.3) is 0 Å². The van der Waals surface area contributed by atoms with E-state index in [1.165, 1.54) is 17.0 Å². The van der Waals surface area contributed by atoms with Gasteiger partial charge < -0.3 is 15.1 Å². The third-order valence-corrected chi connectivity index (χ3v) is 7.23. The molecule has 0 bridgehead atoms. The van der Waals surface area contributed by atoms with Crippen molar-refractivity contribution < 1.29 is 13.2 Å². The average molecular weight is 451 g/mol. The summed E-state index contributed by atoms with van der Waals surface area (Å²) in [7, 11) is -3.67. The van der Waals surface area contributed by atoms with Crippen LogP contribution in [0.1, 0.15) is 16.9 Å². The fourth-order valence-corrected chi connectivity index (χ4v) is 4.71. The minimum Gasteiger partial charge on any atom is -0.356 e. The Labute approximate surface area is 182 Å². The lowest BCUT2D eigenvalue weighted by Gasteiger charge is -2.34. The molecule has 1 aromatic heterocycles. The fraction of sp³-hybridized carbons (Fsp3) is 0.476. The number of hydrogen-bond donors (Lipinski definition) is 2. The molecule has 0 radical (unpaired) electrons. The summed E-state index contributed by atoms with van der Waals surface area (Å²) in [4.78, 5) is 18.5. The van der Waals surface area contributed by atoms with Crippen LogP contribution < -0.4 is 10.5 Å². The second-order valence-corrected chi connectivity index (χ2v) is 10.1. The van der Waals surface area contributed by atoms with E-state index in [4.69, 9.17) is 5.14 Å². The minimum atomic E-state index is -3.67. The number of primary sulfonamides is 1. The number of nitrogens with zero attached hydrogens (tertiary/aromatic N) is 2. The van der Waals surface area contributed by atoms with Gasteiger partial charge >= 0.3 is 0 Å². The van der Waals surface area contributed by atoms with Gasteiger partial charge in [0.1, 0.15) is 0 Å². The first kappa shape index (κ1) is 22.9. The maximum absolute atomic E-state index is 12.1. The lowest BCUT2D eigenvalue weighted by atomic mass is 10.1. The van der Waals surface area contributed by atoms with E-state index in [-0.39, 0.29) is 10.8 Å². The topological polar surface area (TPSA) is 95.7 Å². The van der Waals surface area contributed by atoms with Gasteiger partial charge in [0.2, 0.25) is 15.9 Å². The highest BCUT2D eigenvalue weighted by Gasteiger charge is 2.17. The zero-order valence-corrected chi connectivity index (χ0v) is 18.8. The van der Waals surface area contributed by atoms with Crippen LogP contribution in [-0.4, -0.2) is 69.9 Å². The van der Waals surface area contributed by atoms with E-state index in [0.29, 0.717) is 19.4 Å². The first-order chi connectivity index (χ1) is 14.4. The van der Waals surface area contributed by atoms with Crippen molar-refractivity contribution in [2.24, 2.45) is 5.14 Å². The van der Waals surface area contributed by atoms with E-state index in [0.717, 1.165) is 51.3 Å². The molecule has 2 aromatic rings. The smallest absolute Gasteiger partial charge is 0.238 e. The highest BCUT2D eigenvalue weighted by molar-refractivity contribution is 7.89. The van der Waals surface area contributed by atoms with Crippen molar-refractivity contribution in [3.8, 4) is 0 Å². The molecule has 7 nitrogen and oxygen atoms in total. The van der Waals surface area contributed by atoms with Gasteiger partial charge in [0.05, 0.1) is 4.90 Å². The number of thiophene rings is 1. The van der Waals surface area contributed by atoms with E-state index in [1.54, 1.807) is 12.1 Å². The van der Waals surface area contributed by atoms with Crippen molar-refractivity contribution in [1.82, 2.24) is 15.1 Å². The van der Waals surface area contributed by atoms with Gasteiger partial charge in [-0.15, -0.1) is 11.3 Å². The number of sulfonamides is 1. The Morgan fingerprint density at radius 1 is 1.00 bits per heavy atom. The van der Waals surface area contributed by atoms with E-state index in [2.05, 4.69) is 32.6 Å². The molecule has 0 unspecified atom stereocenters. The predicted octanol–water partition coefficient (Wildman–Crippen LogP) is 1.30. The Bertz CT molecular complexity index is 891. The first-order valence-electron chi connectivity index (χ1n) is 10.3. The summed E-state index contributed by atoms with van der Waals surface area (Å²) in [5, 5.41) is 10.2. The maximum Gasteiger partial charge on any atom is 0.238 e. The standard InChI is InChI=1S/C21H30N4O3S2/c22-30(27,28)20-5-3-18(4-6-20)7-10-23-21(26)9-12-25-15-13-24(14-16-25)11-8-19-2-1-17-29-19/h1-6,17H,7-16H2,(H,23,26)(H2,22,27,28). The van der Waals surface area contributed by atoms with Crippen LogP contribution in [0.15, 0.2) is 46.7 Å². The number of carbonyl (C=O) groups excluding carboxylic acids is 1. The number of nitrogens with two attached hydrogens (primary N) is 1. The second-order valence-electron chi connectivity index (χ2n) is 7.55. The average Bonchev–Trinajstić information content (AvgIpc) is 3.25. The molecular formula is C21H30N4O3S2. The molecule has 1 fully saturated rings. The lowest BCUT2D eigenvalue weighted by Crippen LogP contribution is -2.47. The molecule has 1 aliphatic rings. The second kappa shape index (κ2) is 11.0. The lowest BCUT2D eigenvalue weighted by molar-refractivity contribution is -0.121. The van der Waals surface area contributed by atoms with E-state index in [9.17, 15) is 13.2 Å². The molecule has 0 saturated carbocycles. The minimum absolute atomic E-state index is 0.0521.